The van der Waals surface area contributed by atoms with Crippen molar-refractivity contribution in [1.82, 2.24) is 24.8 Å². The molecule has 3 heterocycles. The molecule has 0 radical (unpaired) electrons. The fourth-order valence-corrected chi connectivity index (χ4v) is 7.89. The smallest absolute Gasteiger partial charge is 0.410 e. The Bertz CT molecular complexity index is 2090. The van der Waals surface area contributed by atoms with Crippen molar-refractivity contribution < 1.29 is 23.7 Å². The number of rotatable bonds is 13. The number of ether oxygens (including phenoxy) is 4. The second kappa shape index (κ2) is 16.2. The molecule has 4 atom stereocenters. The molecule has 3 aromatic carbocycles. The van der Waals surface area contributed by atoms with Crippen LogP contribution in [0.1, 0.15) is 59.1 Å². The maximum absolute atomic E-state index is 13.3. The lowest BCUT2D eigenvalue weighted by Crippen LogP contribution is -2.39. The number of nitrogens with zero attached hydrogens (tertiary/aromatic N) is 4. The molecule has 1 amide bonds. The number of benzene rings is 3. The number of anilines is 1. The molecule has 1 aliphatic carbocycles. The van der Waals surface area contributed by atoms with E-state index in [1.54, 1.807) is 4.90 Å². The number of nitrogens with two attached hydrogens (primary N) is 1. The third-order valence-electron chi connectivity index (χ3n) is 10.1. The van der Waals surface area contributed by atoms with E-state index in [9.17, 15) is 4.79 Å². The molecule has 0 unspecified atom stereocenters. The van der Waals surface area contributed by atoms with Crippen molar-refractivity contribution in [3.63, 3.8) is 0 Å². The highest BCUT2D eigenvalue weighted by molar-refractivity contribution is 6.29. The summed E-state index contributed by atoms with van der Waals surface area (Å²) in [7, 11) is 0. The van der Waals surface area contributed by atoms with Crippen LogP contribution in [0, 0.1) is 5.92 Å². The predicted molar refractivity (Wildman–Crippen MR) is 215 cm³/mol. The molecule has 2 aromatic heterocycles. The summed E-state index contributed by atoms with van der Waals surface area (Å²) in [4.78, 5) is 24.1. The average Bonchev–Trinajstić information content (AvgIpc) is 3.78. The standard InChI is InChI=1S/C43H51ClN6O5/c1-42(2,3)55-41(51)49(23-20-28-14-12-19-32(24-28)52-31-17-10-7-11-18-31)22-13-21-46-26-30-25-34(37-36(30)53-43(4,5)54-37)50-27-33(29-15-8-6-9-16-29)35-38(45)47-40(44)48-39(35)50/h6-12,14-19,24,27,30,34,36-37,46H,13,20-23,25-26H2,1-5H3,(H2,45,47,48)/t30-,34-,36-,37+/m1/s1. The van der Waals surface area contributed by atoms with E-state index in [4.69, 9.17) is 36.3 Å². The van der Waals surface area contributed by atoms with Gasteiger partial charge in [0.15, 0.2) is 5.79 Å². The van der Waals surface area contributed by atoms with Crippen molar-refractivity contribution in [2.75, 3.05) is 31.9 Å². The van der Waals surface area contributed by atoms with Gasteiger partial charge in [-0.3, -0.25) is 0 Å². The number of carbonyl (C=O) groups is 1. The molecular weight excluding hydrogens is 716 g/mol. The van der Waals surface area contributed by atoms with Gasteiger partial charge in [-0.25, -0.2) is 9.78 Å². The third-order valence-corrected chi connectivity index (χ3v) is 10.2. The third kappa shape index (κ3) is 9.24. The second-order valence-electron chi connectivity index (χ2n) is 15.9. The van der Waals surface area contributed by atoms with Crippen LogP contribution in [-0.4, -0.2) is 75.3 Å². The number of nitrogen functional groups attached to an aromatic ring is 1. The fraction of sp³-hybridized carbons (Fsp3) is 0.419. The Morgan fingerprint density at radius 3 is 2.44 bits per heavy atom. The Labute approximate surface area is 328 Å². The van der Waals surface area contributed by atoms with E-state index in [1.807, 2.05) is 101 Å². The Balaban J connectivity index is 1.00. The summed E-state index contributed by atoms with van der Waals surface area (Å²) in [6, 6.07) is 27.7. The lowest BCUT2D eigenvalue weighted by molar-refractivity contribution is -0.160. The number of hydrogen-bond donors (Lipinski definition) is 2. The number of carbonyl (C=O) groups excluding carboxylic acids is 1. The molecule has 11 nitrogen and oxygen atoms in total. The van der Waals surface area contributed by atoms with Crippen LogP contribution in [0.5, 0.6) is 11.5 Å². The fourth-order valence-electron chi connectivity index (χ4n) is 7.72. The number of nitrogens with one attached hydrogen (secondary N) is 1. The molecule has 2 fully saturated rings. The van der Waals surface area contributed by atoms with Gasteiger partial charge < -0.3 is 39.5 Å². The summed E-state index contributed by atoms with van der Waals surface area (Å²) in [6.07, 6.45) is 3.68. The molecule has 0 bridgehead atoms. The van der Waals surface area contributed by atoms with Gasteiger partial charge in [-0.1, -0.05) is 60.7 Å². The number of halogens is 1. The minimum atomic E-state index is -0.732. The topological polar surface area (TPSA) is 126 Å². The van der Waals surface area contributed by atoms with E-state index in [0.717, 1.165) is 53.0 Å². The van der Waals surface area contributed by atoms with E-state index in [0.29, 0.717) is 37.5 Å². The number of fused-ring (bicyclic) bond motifs is 2. The highest BCUT2D eigenvalue weighted by Crippen LogP contribution is 2.49. The van der Waals surface area contributed by atoms with Gasteiger partial charge in [-0.05, 0) is 107 Å². The largest absolute Gasteiger partial charge is 0.457 e. The average molecular weight is 767 g/mol. The molecule has 55 heavy (non-hydrogen) atoms. The lowest BCUT2D eigenvalue weighted by Gasteiger charge is -2.28. The molecule has 290 valence electrons. The van der Waals surface area contributed by atoms with Gasteiger partial charge in [0.05, 0.1) is 17.5 Å². The molecule has 1 saturated heterocycles. The SMILES string of the molecule is CC(C)(C)OC(=O)N(CCCNC[C@H]1C[C@@H](n2cc(-c3ccccc3)c3c(N)nc(Cl)nc32)[C@@H]2OC(C)(C)O[C@H]12)CCc1cccc(Oc2ccccc2)c1. The van der Waals surface area contributed by atoms with Crippen LogP contribution in [0.25, 0.3) is 22.2 Å². The molecule has 12 heteroatoms. The van der Waals surface area contributed by atoms with Crippen LogP contribution in [-0.2, 0) is 20.6 Å². The minimum Gasteiger partial charge on any atom is -0.457 e. The van der Waals surface area contributed by atoms with Crippen molar-refractivity contribution in [2.45, 2.75) is 83.5 Å². The van der Waals surface area contributed by atoms with E-state index in [1.165, 1.54) is 0 Å². The monoisotopic (exact) mass is 766 g/mol. The van der Waals surface area contributed by atoms with E-state index < -0.39 is 11.4 Å². The van der Waals surface area contributed by atoms with Gasteiger partial charge in [0.2, 0.25) is 5.28 Å². The Kier molecular flexibility index (Phi) is 11.4. The number of para-hydroxylation sites is 1. The zero-order valence-corrected chi connectivity index (χ0v) is 33.0. The normalized spacial score (nSPS) is 20.4. The lowest BCUT2D eigenvalue weighted by atomic mass is 10.1. The van der Waals surface area contributed by atoms with Gasteiger partial charge in [-0.2, -0.15) is 4.98 Å². The summed E-state index contributed by atoms with van der Waals surface area (Å²) in [5.74, 6) is 1.31. The van der Waals surface area contributed by atoms with Gasteiger partial charge >= 0.3 is 6.09 Å². The molecule has 2 aliphatic rings. The van der Waals surface area contributed by atoms with Gasteiger partial charge in [0, 0.05) is 37.3 Å². The number of aromatic nitrogens is 3. The van der Waals surface area contributed by atoms with Gasteiger partial charge in [0.25, 0.3) is 0 Å². The Morgan fingerprint density at radius 2 is 1.69 bits per heavy atom. The summed E-state index contributed by atoms with van der Waals surface area (Å²) < 4.78 is 27.1. The maximum atomic E-state index is 13.3. The predicted octanol–water partition coefficient (Wildman–Crippen LogP) is 8.67. The zero-order valence-electron chi connectivity index (χ0n) is 32.2. The molecule has 1 saturated carbocycles. The first-order valence-corrected chi connectivity index (χ1v) is 19.5. The van der Waals surface area contributed by atoms with Crippen LogP contribution in [0.4, 0.5) is 10.6 Å². The van der Waals surface area contributed by atoms with Crippen molar-refractivity contribution in [3.8, 4) is 22.6 Å². The molecule has 0 spiro atoms. The number of hydrogen-bond acceptors (Lipinski definition) is 9. The Morgan fingerprint density at radius 1 is 0.982 bits per heavy atom. The van der Waals surface area contributed by atoms with Crippen molar-refractivity contribution in [3.05, 3.63) is 102 Å². The highest BCUT2D eigenvalue weighted by atomic mass is 35.5. The summed E-state index contributed by atoms with van der Waals surface area (Å²) in [6.45, 7) is 12.1. The molecule has 7 rings (SSSR count). The molecular formula is C43H51ClN6O5. The molecule has 3 N–H and O–H groups in total. The minimum absolute atomic E-state index is 0.0665. The van der Waals surface area contributed by atoms with Crippen LogP contribution in [0.3, 0.4) is 0 Å². The van der Waals surface area contributed by atoms with Crippen LogP contribution in [0.15, 0.2) is 91.1 Å². The first kappa shape index (κ1) is 38.6. The van der Waals surface area contributed by atoms with Crippen LogP contribution < -0.4 is 15.8 Å². The van der Waals surface area contributed by atoms with Crippen molar-refractivity contribution >= 4 is 34.5 Å². The van der Waals surface area contributed by atoms with Crippen LogP contribution in [0.2, 0.25) is 5.28 Å². The Hall–Kier alpha value is -4.68. The highest BCUT2D eigenvalue weighted by Gasteiger charge is 2.54. The van der Waals surface area contributed by atoms with Gasteiger partial charge in [0.1, 0.15) is 34.7 Å². The van der Waals surface area contributed by atoms with Crippen LogP contribution >= 0.6 is 11.6 Å². The zero-order chi connectivity index (χ0) is 38.7. The number of amides is 1. The van der Waals surface area contributed by atoms with Gasteiger partial charge in [-0.15, -0.1) is 0 Å². The van der Waals surface area contributed by atoms with Crippen molar-refractivity contribution in [2.24, 2.45) is 5.92 Å². The van der Waals surface area contributed by atoms with E-state index >= 15 is 0 Å². The van der Waals surface area contributed by atoms with E-state index in [-0.39, 0.29) is 35.5 Å². The van der Waals surface area contributed by atoms with E-state index in [2.05, 4.69) is 44.2 Å². The second-order valence-corrected chi connectivity index (χ2v) is 16.2. The molecule has 5 aromatic rings. The first-order chi connectivity index (χ1) is 26.3. The summed E-state index contributed by atoms with van der Waals surface area (Å²) >= 11 is 6.38. The van der Waals surface area contributed by atoms with Crippen molar-refractivity contribution in [1.29, 1.82) is 0 Å². The molecule has 1 aliphatic heterocycles. The summed E-state index contributed by atoms with van der Waals surface area (Å²) in [5.41, 5.74) is 9.61. The first-order valence-electron chi connectivity index (χ1n) is 19.1. The quantitative estimate of drug-likeness (QED) is 0.0895. The maximum Gasteiger partial charge on any atom is 0.410 e. The summed E-state index contributed by atoms with van der Waals surface area (Å²) in [5, 5.41) is 4.54.